The number of carbonyl (C=O) groups excluding carboxylic acids is 1. The van der Waals surface area contributed by atoms with E-state index in [9.17, 15) is 4.79 Å². The van der Waals surface area contributed by atoms with Crippen LogP contribution in [0.25, 0.3) is 0 Å². The van der Waals surface area contributed by atoms with E-state index in [1.807, 2.05) is 31.2 Å². The number of ether oxygens (including phenoxy) is 1. The van der Waals surface area contributed by atoms with Crippen molar-refractivity contribution in [3.05, 3.63) is 29.8 Å². The Morgan fingerprint density at radius 3 is 2.61 bits per heavy atom. The van der Waals surface area contributed by atoms with Gasteiger partial charge < -0.3 is 15.4 Å². The van der Waals surface area contributed by atoms with E-state index >= 15 is 0 Å². The monoisotopic (exact) mass is 248 g/mol. The van der Waals surface area contributed by atoms with Crippen molar-refractivity contribution in [2.45, 2.75) is 19.4 Å². The van der Waals surface area contributed by atoms with Gasteiger partial charge in [0.25, 0.3) is 0 Å². The average molecular weight is 248 g/mol. The maximum atomic E-state index is 11.8. The first kappa shape index (κ1) is 12.9. The molecule has 1 aromatic carbocycles. The van der Waals surface area contributed by atoms with E-state index in [-0.39, 0.29) is 11.9 Å². The Morgan fingerprint density at radius 2 is 2.11 bits per heavy atom. The van der Waals surface area contributed by atoms with E-state index in [2.05, 4.69) is 10.6 Å². The Balaban J connectivity index is 1.85. The first-order valence-electron chi connectivity index (χ1n) is 6.33. The van der Waals surface area contributed by atoms with Crippen molar-refractivity contribution in [1.82, 2.24) is 10.6 Å². The lowest BCUT2D eigenvalue weighted by atomic mass is 9.98. The van der Waals surface area contributed by atoms with Gasteiger partial charge in [0.15, 0.2) is 0 Å². The van der Waals surface area contributed by atoms with Gasteiger partial charge in [0.1, 0.15) is 5.75 Å². The molecule has 1 heterocycles. The molecule has 0 spiro atoms. The maximum Gasteiger partial charge on any atom is 0.220 e. The summed E-state index contributed by atoms with van der Waals surface area (Å²) in [4.78, 5) is 11.8. The van der Waals surface area contributed by atoms with Crippen molar-refractivity contribution in [2.24, 2.45) is 5.92 Å². The first-order chi connectivity index (χ1) is 8.69. The van der Waals surface area contributed by atoms with Crippen LogP contribution in [0.3, 0.4) is 0 Å². The van der Waals surface area contributed by atoms with Crippen molar-refractivity contribution in [2.75, 3.05) is 20.2 Å². The molecule has 0 radical (unpaired) electrons. The summed E-state index contributed by atoms with van der Waals surface area (Å²) < 4.78 is 5.11. The number of nitrogens with one attached hydrogen (secondary N) is 2. The summed E-state index contributed by atoms with van der Waals surface area (Å²) >= 11 is 0. The molecule has 4 nitrogen and oxygen atoms in total. The molecule has 4 heteroatoms. The summed E-state index contributed by atoms with van der Waals surface area (Å²) in [6.45, 7) is 3.92. The predicted molar refractivity (Wildman–Crippen MR) is 70.5 cm³/mol. The molecule has 0 unspecified atom stereocenters. The minimum Gasteiger partial charge on any atom is -0.497 e. The van der Waals surface area contributed by atoms with Crippen molar-refractivity contribution in [3.8, 4) is 5.75 Å². The molecule has 2 rings (SSSR count). The van der Waals surface area contributed by atoms with E-state index in [1.54, 1.807) is 7.11 Å². The number of amides is 1. The van der Waals surface area contributed by atoms with Gasteiger partial charge in [0, 0.05) is 6.42 Å². The first-order valence-corrected chi connectivity index (χ1v) is 6.33. The van der Waals surface area contributed by atoms with Crippen LogP contribution in [0.15, 0.2) is 24.3 Å². The van der Waals surface area contributed by atoms with E-state index in [4.69, 9.17) is 4.74 Å². The lowest BCUT2D eigenvalue weighted by Crippen LogP contribution is -2.44. The number of rotatable bonds is 5. The number of benzene rings is 1. The SMILES string of the molecule is COc1ccc([C@@H](C)NC(=O)CC2CNC2)cc1. The van der Waals surface area contributed by atoms with Gasteiger partial charge in [-0.05, 0) is 43.6 Å². The Morgan fingerprint density at radius 1 is 1.44 bits per heavy atom. The number of carbonyl (C=O) groups is 1. The molecule has 1 aliphatic rings. The fourth-order valence-electron chi connectivity index (χ4n) is 2.03. The zero-order valence-electron chi connectivity index (χ0n) is 10.9. The summed E-state index contributed by atoms with van der Waals surface area (Å²) in [6, 6.07) is 7.82. The molecule has 1 atom stereocenters. The molecule has 1 aromatic rings. The molecule has 1 saturated heterocycles. The summed E-state index contributed by atoms with van der Waals surface area (Å²) in [5.41, 5.74) is 1.09. The lowest BCUT2D eigenvalue weighted by molar-refractivity contribution is -0.123. The van der Waals surface area contributed by atoms with Gasteiger partial charge in [-0.25, -0.2) is 0 Å². The third kappa shape index (κ3) is 3.23. The normalized spacial score (nSPS) is 16.8. The van der Waals surface area contributed by atoms with Crippen molar-refractivity contribution in [1.29, 1.82) is 0 Å². The highest BCUT2D eigenvalue weighted by Crippen LogP contribution is 2.18. The Bertz CT molecular complexity index is 399. The molecule has 1 fully saturated rings. The topological polar surface area (TPSA) is 50.4 Å². The van der Waals surface area contributed by atoms with Crippen LogP contribution < -0.4 is 15.4 Å². The Labute approximate surface area is 108 Å². The zero-order valence-corrected chi connectivity index (χ0v) is 10.9. The van der Waals surface area contributed by atoms with Crippen LogP contribution >= 0.6 is 0 Å². The summed E-state index contributed by atoms with van der Waals surface area (Å²) in [5.74, 6) is 1.47. The molecule has 0 aromatic heterocycles. The van der Waals surface area contributed by atoms with Crippen LogP contribution in [0, 0.1) is 5.92 Å². The summed E-state index contributed by atoms with van der Waals surface area (Å²) in [5, 5.41) is 6.20. The summed E-state index contributed by atoms with van der Waals surface area (Å²) in [7, 11) is 1.65. The quantitative estimate of drug-likeness (QED) is 0.830. The maximum absolute atomic E-state index is 11.8. The van der Waals surface area contributed by atoms with Gasteiger partial charge in [-0.2, -0.15) is 0 Å². The third-order valence-corrected chi connectivity index (χ3v) is 3.33. The van der Waals surface area contributed by atoms with Gasteiger partial charge in [0.2, 0.25) is 5.91 Å². The van der Waals surface area contributed by atoms with Crippen molar-refractivity contribution < 1.29 is 9.53 Å². The number of hydrogen-bond acceptors (Lipinski definition) is 3. The molecular weight excluding hydrogens is 228 g/mol. The molecule has 18 heavy (non-hydrogen) atoms. The van der Waals surface area contributed by atoms with Gasteiger partial charge >= 0.3 is 0 Å². The Hall–Kier alpha value is -1.55. The smallest absolute Gasteiger partial charge is 0.220 e. The van der Waals surface area contributed by atoms with Crippen LogP contribution in [-0.2, 0) is 4.79 Å². The van der Waals surface area contributed by atoms with Crippen LogP contribution in [0.5, 0.6) is 5.75 Å². The van der Waals surface area contributed by atoms with E-state index in [0.29, 0.717) is 12.3 Å². The highest BCUT2D eigenvalue weighted by atomic mass is 16.5. The minimum absolute atomic E-state index is 0.0384. The molecule has 98 valence electrons. The fraction of sp³-hybridized carbons (Fsp3) is 0.500. The third-order valence-electron chi connectivity index (χ3n) is 3.33. The average Bonchev–Trinajstić information content (AvgIpc) is 2.34. The molecule has 0 saturated carbocycles. The van der Waals surface area contributed by atoms with Gasteiger partial charge in [0.05, 0.1) is 13.2 Å². The highest BCUT2D eigenvalue weighted by molar-refractivity contribution is 5.76. The molecule has 1 aliphatic heterocycles. The van der Waals surface area contributed by atoms with Gasteiger partial charge in [-0.3, -0.25) is 4.79 Å². The number of methoxy groups -OCH3 is 1. The van der Waals surface area contributed by atoms with E-state index in [0.717, 1.165) is 24.4 Å². The van der Waals surface area contributed by atoms with Gasteiger partial charge in [-0.15, -0.1) is 0 Å². The van der Waals surface area contributed by atoms with Gasteiger partial charge in [-0.1, -0.05) is 12.1 Å². The lowest BCUT2D eigenvalue weighted by Gasteiger charge is -2.27. The van der Waals surface area contributed by atoms with E-state index < -0.39 is 0 Å². The van der Waals surface area contributed by atoms with Crippen LogP contribution in [0.2, 0.25) is 0 Å². The standard InChI is InChI=1S/C14H20N2O2/c1-10(12-3-5-13(18-2)6-4-12)16-14(17)7-11-8-15-9-11/h3-6,10-11,15H,7-9H2,1-2H3,(H,16,17)/t10-/m1/s1. The molecule has 0 bridgehead atoms. The number of hydrogen-bond donors (Lipinski definition) is 2. The second kappa shape index (κ2) is 5.87. The fourth-order valence-corrected chi connectivity index (χ4v) is 2.03. The molecule has 2 N–H and O–H groups in total. The predicted octanol–water partition coefficient (Wildman–Crippen LogP) is 1.48. The van der Waals surface area contributed by atoms with Crippen LogP contribution in [-0.4, -0.2) is 26.1 Å². The highest BCUT2D eigenvalue weighted by Gasteiger charge is 2.20. The Kier molecular flexibility index (Phi) is 4.20. The zero-order chi connectivity index (χ0) is 13.0. The minimum atomic E-state index is 0.0384. The summed E-state index contributed by atoms with van der Waals surface area (Å²) in [6.07, 6.45) is 0.619. The van der Waals surface area contributed by atoms with Crippen molar-refractivity contribution in [3.63, 3.8) is 0 Å². The second-order valence-corrected chi connectivity index (χ2v) is 4.79. The van der Waals surface area contributed by atoms with E-state index in [1.165, 1.54) is 0 Å². The molecule has 0 aliphatic carbocycles. The van der Waals surface area contributed by atoms with Crippen molar-refractivity contribution >= 4 is 5.91 Å². The second-order valence-electron chi connectivity index (χ2n) is 4.79. The van der Waals surface area contributed by atoms with Crippen LogP contribution in [0.4, 0.5) is 0 Å². The molecular formula is C14H20N2O2. The van der Waals surface area contributed by atoms with Crippen LogP contribution in [0.1, 0.15) is 24.9 Å². The molecule has 1 amide bonds. The largest absolute Gasteiger partial charge is 0.497 e.